The molecule has 15 heavy (non-hydrogen) atoms. The number of hydrogen-bond donors (Lipinski definition) is 2. The molecule has 0 radical (unpaired) electrons. The molecule has 1 aromatic carbocycles. The van der Waals surface area contributed by atoms with Crippen LogP contribution in [0.5, 0.6) is 11.5 Å². The lowest BCUT2D eigenvalue weighted by Gasteiger charge is -2.15. The maximum Gasteiger partial charge on any atom is 0.147 e. The quantitative estimate of drug-likeness (QED) is 0.732. The van der Waals surface area contributed by atoms with Crippen molar-refractivity contribution < 1.29 is 9.84 Å². The Kier molecular flexibility index (Phi) is 4.43. The zero-order valence-electron chi connectivity index (χ0n) is 9.31. The van der Waals surface area contributed by atoms with E-state index >= 15 is 0 Å². The molecule has 3 heteroatoms. The van der Waals surface area contributed by atoms with E-state index in [0.717, 1.165) is 12.8 Å². The standard InChI is InChI=1S/C12H19NO2/c1-9(2)3-8-12(13)15-11-6-4-10(14)5-7-11/h4-7,9,12,14H,3,8,13H2,1-2H3. The van der Waals surface area contributed by atoms with Gasteiger partial charge in [0.2, 0.25) is 0 Å². The fraction of sp³-hybridized carbons (Fsp3) is 0.500. The van der Waals surface area contributed by atoms with Gasteiger partial charge in [-0.15, -0.1) is 0 Å². The highest BCUT2D eigenvalue weighted by atomic mass is 16.5. The number of aromatic hydroxyl groups is 1. The van der Waals surface area contributed by atoms with Crippen LogP contribution in [0.4, 0.5) is 0 Å². The van der Waals surface area contributed by atoms with Gasteiger partial charge in [0.25, 0.3) is 0 Å². The van der Waals surface area contributed by atoms with Crippen LogP contribution in [-0.4, -0.2) is 11.3 Å². The first-order valence-corrected chi connectivity index (χ1v) is 5.29. The molecule has 3 nitrogen and oxygen atoms in total. The SMILES string of the molecule is CC(C)CCC(N)Oc1ccc(O)cc1. The molecular weight excluding hydrogens is 190 g/mol. The van der Waals surface area contributed by atoms with Crippen molar-refractivity contribution in [1.29, 1.82) is 0 Å². The van der Waals surface area contributed by atoms with Crippen molar-refractivity contribution in [3.05, 3.63) is 24.3 Å². The van der Waals surface area contributed by atoms with Crippen LogP contribution in [0, 0.1) is 5.92 Å². The molecule has 0 saturated heterocycles. The smallest absolute Gasteiger partial charge is 0.147 e. The summed E-state index contributed by atoms with van der Waals surface area (Å²) in [5.41, 5.74) is 5.81. The molecule has 0 aromatic heterocycles. The summed E-state index contributed by atoms with van der Waals surface area (Å²) in [6.07, 6.45) is 1.63. The maximum atomic E-state index is 9.08. The number of rotatable bonds is 5. The van der Waals surface area contributed by atoms with Crippen LogP contribution in [0.2, 0.25) is 0 Å². The van der Waals surface area contributed by atoms with Crippen LogP contribution in [0.15, 0.2) is 24.3 Å². The minimum atomic E-state index is -0.267. The first kappa shape index (κ1) is 11.9. The van der Waals surface area contributed by atoms with Gasteiger partial charge in [0.1, 0.15) is 17.7 Å². The van der Waals surface area contributed by atoms with E-state index in [0.29, 0.717) is 11.7 Å². The van der Waals surface area contributed by atoms with Gasteiger partial charge in [-0.3, -0.25) is 5.73 Å². The molecule has 0 saturated carbocycles. The Bertz CT molecular complexity index is 282. The Morgan fingerprint density at radius 2 is 1.80 bits per heavy atom. The van der Waals surface area contributed by atoms with Crippen LogP contribution in [0.3, 0.4) is 0 Å². The largest absolute Gasteiger partial charge is 0.508 e. The van der Waals surface area contributed by atoms with Crippen molar-refractivity contribution in [2.75, 3.05) is 0 Å². The molecule has 1 unspecified atom stereocenters. The fourth-order valence-corrected chi connectivity index (χ4v) is 1.26. The van der Waals surface area contributed by atoms with Crippen LogP contribution in [0.1, 0.15) is 26.7 Å². The van der Waals surface area contributed by atoms with Crippen molar-refractivity contribution in [1.82, 2.24) is 0 Å². The zero-order chi connectivity index (χ0) is 11.3. The van der Waals surface area contributed by atoms with E-state index in [1.165, 1.54) is 0 Å². The highest BCUT2D eigenvalue weighted by molar-refractivity contribution is 5.30. The van der Waals surface area contributed by atoms with Crippen molar-refractivity contribution in [2.45, 2.75) is 32.9 Å². The minimum Gasteiger partial charge on any atom is -0.508 e. The second-order valence-corrected chi connectivity index (χ2v) is 4.12. The van der Waals surface area contributed by atoms with Gasteiger partial charge in [0.15, 0.2) is 0 Å². The molecule has 0 spiro atoms. The molecule has 3 N–H and O–H groups in total. The summed E-state index contributed by atoms with van der Waals surface area (Å²) >= 11 is 0. The lowest BCUT2D eigenvalue weighted by Crippen LogP contribution is -2.27. The molecular formula is C12H19NO2. The molecule has 0 aliphatic rings. The monoisotopic (exact) mass is 209 g/mol. The van der Waals surface area contributed by atoms with E-state index in [-0.39, 0.29) is 12.0 Å². The van der Waals surface area contributed by atoms with Crippen LogP contribution < -0.4 is 10.5 Å². The molecule has 84 valence electrons. The molecule has 1 rings (SSSR count). The third-order valence-corrected chi connectivity index (χ3v) is 2.15. The number of nitrogens with two attached hydrogens (primary N) is 1. The van der Waals surface area contributed by atoms with Crippen LogP contribution in [-0.2, 0) is 0 Å². The fourth-order valence-electron chi connectivity index (χ4n) is 1.26. The summed E-state index contributed by atoms with van der Waals surface area (Å²) in [5, 5.41) is 9.08. The Balaban J connectivity index is 2.37. The maximum absolute atomic E-state index is 9.08. The van der Waals surface area contributed by atoms with Gasteiger partial charge < -0.3 is 9.84 Å². The highest BCUT2D eigenvalue weighted by Crippen LogP contribution is 2.17. The summed E-state index contributed by atoms with van der Waals surface area (Å²) < 4.78 is 5.49. The van der Waals surface area contributed by atoms with Gasteiger partial charge >= 0.3 is 0 Å². The Morgan fingerprint density at radius 3 is 2.33 bits per heavy atom. The zero-order valence-corrected chi connectivity index (χ0v) is 9.31. The number of phenolic OH excluding ortho intramolecular Hbond substituents is 1. The first-order valence-electron chi connectivity index (χ1n) is 5.29. The number of hydrogen-bond acceptors (Lipinski definition) is 3. The van der Waals surface area contributed by atoms with E-state index < -0.39 is 0 Å². The summed E-state index contributed by atoms with van der Waals surface area (Å²) in [6.45, 7) is 4.32. The van der Waals surface area contributed by atoms with Crippen molar-refractivity contribution in [2.24, 2.45) is 11.7 Å². The Morgan fingerprint density at radius 1 is 1.20 bits per heavy atom. The second-order valence-electron chi connectivity index (χ2n) is 4.12. The van der Waals surface area contributed by atoms with Gasteiger partial charge in [-0.05, 0) is 43.0 Å². The van der Waals surface area contributed by atoms with Crippen molar-refractivity contribution in [3.63, 3.8) is 0 Å². The lowest BCUT2D eigenvalue weighted by atomic mass is 10.1. The van der Waals surface area contributed by atoms with Gasteiger partial charge in [0.05, 0.1) is 0 Å². The topological polar surface area (TPSA) is 55.5 Å². The van der Waals surface area contributed by atoms with E-state index in [1.54, 1.807) is 24.3 Å². The molecule has 0 amide bonds. The molecule has 0 heterocycles. The number of ether oxygens (including phenoxy) is 1. The van der Waals surface area contributed by atoms with Crippen molar-refractivity contribution in [3.8, 4) is 11.5 Å². The van der Waals surface area contributed by atoms with E-state index in [9.17, 15) is 0 Å². The Labute approximate surface area is 90.9 Å². The van der Waals surface area contributed by atoms with Gasteiger partial charge in [-0.2, -0.15) is 0 Å². The van der Waals surface area contributed by atoms with Crippen LogP contribution in [0.25, 0.3) is 0 Å². The average Bonchev–Trinajstić information content (AvgIpc) is 2.19. The third kappa shape index (κ3) is 4.70. The summed E-state index contributed by atoms with van der Waals surface area (Å²) in [5.74, 6) is 1.57. The summed E-state index contributed by atoms with van der Waals surface area (Å²) in [6, 6.07) is 6.60. The molecule has 1 aromatic rings. The number of benzene rings is 1. The van der Waals surface area contributed by atoms with Gasteiger partial charge in [-0.25, -0.2) is 0 Å². The number of phenols is 1. The van der Waals surface area contributed by atoms with E-state index in [2.05, 4.69) is 13.8 Å². The average molecular weight is 209 g/mol. The summed E-state index contributed by atoms with van der Waals surface area (Å²) in [4.78, 5) is 0. The molecule has 0 fully saturated rings. The Hall–Kier alpha value is -1.22. The molecule has 0 aliphatic carbocycles. The normalized spacial score (nSPS) is 12.8. The predicted molar refractivity (Wildman–Crippen MR) is 60.8 cm³/mol. The highest BCUT2D eigenvalue weighted by Gasteiger charge is 2.05. The minimum absolute atomic E-state index is 0.234. The van der Waals surface area contributed by atoms with E-state index in [4.69, 9.17) is 15.6 Å². The molecule has 1 atom stereocenters. The molecule has 0 bridgehead atoms. The molecule has 0 aliphatic heterocycles. The van der Waals surface area contributed by atoms with Gasteiger partial charge in [-0.1, -0.05) is 13.8 Å². The van der Waals surface area contributed by atoms with E-state index in [1.807, 2.05) is 0 Å². The lowest BCUT2D eigenvalue weighted by molar-refractivity contribution is 0.189. The summed E-state index contributed by atoms with van der Waals surface area (Å²) in [7, 11) is 0. The second kappa shape index (κ2) is 5.61. The van der Waals surface area contributed by atoms with Crippen molar-refractivity contribution >= 4 is 0 Å². The van der Waals surface area contributed by atoms with Crippen LogP contribution >= 0.6 is 0 Å². The predicted octanol–water partition coefficient (Wildman–Crippen LogP) is 2.49. The third-order valence-electron chi connectivity index (χ3n) is 2.15. The van der Waals surface area contributed by atoms with Gasteiger partial charge in [0, 0.05) is 0 Å². The first-order chi connectivity index (χ1) is 7.08.